The van der Waals surface area contributed by atoms with Gasteiger partial charge in [0.25, 0.3) is 0 Å². The fraction of sp³-hybridized carbons (Fsp3) is 0.120. The number of pyridine rings is 1. The molecule has 148 valence electrons. The van der Waals surface area contributed by atoms with E-state index in [9.17, 15) is 9.18 Å². The standard InChI is InChI=1S/C25H18BrFN2O/c26-18-12-11-17(14-19(18)27)22-21(15-6-2-1-3-7-15)23(22)25(30)29-20-10-4-8-16-9-5-13-28-24(16)20/h1-14,21-23H,(H,29,30)/t21-,22-,23+/m0/s1. The summed E-state index contributed by atoms with van der Waals surface area (Å²) in [6.07, 6.45) is 1.72. The number of halogens is 2. The minimum Gasteiger partial charge on any atom is -0.324 e. The van der Waals surface area contributed by atoms with Gasteiger partial charge in [-0.05, 0) is 51.3 Å². The molecule has 3 nitrogen and oxygen atoms in total. The monoisotopic (exact) mass is 460 g/mol. The third kappa shape index (κ3) is 3.39. The van der Waals surface area contributed by atoms with Crippen molar-refractivity contribution in [3.63, 3.8) is 0 Å². The van der Waals surface area contributed by atoms with Gasteiger partial charge in [-0.15, -0.1) is 0 Å². The molecule has 1 fully saturated rings. The number of anilines is 1. The first-order valence-corrected chi connectivity index (χ1v) is 10.6. The van der Waals surface area contributed by atoms with Crippen LogP contribution >= 0.6 is 15.9 Å². The highest BCUT2D eigenvalue weighted by Gasteiger charge is 2.56. The Hall–Kier alpha value is -3.05. The van der Waals surface area contributed by atoms with Crippen LogP contribution in [0.2, 0.25) is 0 Å². The Morgan fingerprint density at radius 3 is 2.47 bits per heavy atom. The number of para-hydroxylation sites is 1. The third-order valence-electron chi connectivity index (χ3n) is 5.73. The van der Waals surface area contributed by atoms with Gasteiger partial charge in [0, 0.05) is 23.4 Å². The molecular formula is C25H18BrFN2O. The van der Waals surface area contributed by atoms with E-state index >= 15 is 0 Å². The van der Waals surface area contributed by atoms with E-state index in [4.69, 9.17) is 0 Å². The zero-order chi connectivity index (χ0) is 20.7. The maximum Gasteiger partial charge on any atom is 0.228 e. The number of hydrogen-bond donors (Lipinski definition) is 1. The molecule has 30 heavy (non-hydrogen) atoms. The molecular weight excluding hydrogens is 443 g/mol. The number of nitrogens with one attached hydrogen (secondary N) is 1. The average molecular weight is 461 g/mol. The molecule has 1 N–H and O–H groups in total. The lowest BCUT2D eigenvalue weighted by Crippen LogP contribution is -2.15. The Morgan fingerprint density at radius 1 is 0.900 bits per heavy atom. The lowest BCUT2D eigenvalue weighted by molar-refractivity contribution is -0.117. The highest BCUT2D eigenvalue weighted by atomic mass is 79.9. The van der Waals surface area contributed by atoms with E-state index in [1.165, 1.54) is 6.07 Å². The van der Waals surface area contributed by atoms with Gasteiger partial charge in [0.05, 0.1) is 21.6 Å². The smallest absolute Gasteiger partial charge is 0.228 e. The summed E-state index contributed by atoms with van der Waals surface area (Å²) in [5.74, 6) is -0.724. The molecule has 5 rings (SSSR count). The van der Waals surface area contributed by atoms with Gasteiger partial charge in [-0.1, -0.05) is 54.6 Å². The molecule has 1 aliphatic rings. The largest absolute Gasteiger partial charge is 0.324 e. The molecule has 0 bridgehead atoms. The summed E-state index contributed by atoms with van der Waals surface area (Å²) in [4.78, 5) is 17.7. The average Bonchev–Trinajstić information content (AvgIpc) is 3.52. The van der Waals surface area contributed by atoms with Crippen LogP contribution in [0.1, 0.15) is 23.0 Å². The van der Waals surface area contributed by atoms with Gasteiger partial charge < -0.3 is 5.32 Å². The van der Waals surface area contributed by atoms with Gasteiger partial charge >= 0.3 is 0 Å². The number of fused-ring (bicyclic) bond motifs is 1. The molecule has 1 aliphatic carbocycles. The van der Waals surface area contributed by atoms with Gasteiger partial charge in [-0.3, -0.25) is 9.78 Å². The predicted molar refractivity (Wildman–Crippen MR) is 120 cm³/mol. The van der Waals surface area contributed by atoms with Crippen LogP contribution in [-0.2, 0) is 4.79 Å². The lowest BCUT2D eigenvalue weighted by Gasteiger charge is -2.08. The van der Waals surface area contributed by atoms with Gasteiger partial charge in [0.1, 0.15) is 5.82 Å². The molecule has 5 heteroatoms. The number of carbonyl (C=O) groups is 1. The summed E-state index contributed by atoms with van der Waals surface area (Å²) in [6, 6.07) is 24.6. The zero-order valence-corrected chi connectivity index (χ0v) is 17.5. The summed E-state index contributed by atoms with van der Waals surface area (Å²) < 4.78 is 14.6. The van der Waals surface area contributed by atoms with Crippen molar-refractivity contribution in [1.82, 2.24) is 4.98 Å². The van der Waals surface area contributed by atoms with Crippen molar-refractivity contribution in [1.29, 1.82) is 0 Å². The van der Waals surface area contributed by atoms with E-state index in [0.717, 1.165) is 22.0 Å². The van der Waals surface area contributed by atoms with Crippen molar-refractivity contribution in [3.8, 4) is 0 Å². The van der Waals surface area contributed by atoms with Crippen LogP contribution in [0.3, 0.4) is 0 Å². The van der Waals surface area contributed by atoms with Crippen LogP contribution in [0, 0.1) is 11.7 Å². The SMILES string of the molecule is O=C(Nc1cccc2cccnc12)[C@@H]1[C@@H](c2ccccc2)[C@@H]1c1ccc(Br)c(F)c1. The second-order valence-electron chi connectivity index (χ2n) is 7.53. The van der Waals surface area contributed by atoms with Crippen molar-refractivity contribution >= 4 is 38.4 Å². The second kappa shape index (κ2) is 7.65. The number of hydrogen-bond acceptors (Lipinski definition) is 2. The summed E-state index contributed by atoms with van der Waals surface area (Å²) in [5, 5.41) is 4.04. The number of aromatic nitrogens is 1. The quantitative estimate of drug-likeness (QED) is 0.389. The van der Waals surface area contributed by atoms with Crippen molar-refractivity contribution in [2.24, 2.45) is 5.92 Å². The molecule has 3 aromatic carbocycles. The molecule has 0 unspecified atom stereocenters. The fourth-order valence-electron chi connectivity index (χ4n) is 4.28. The van der Waals surface area contributed by atoms with Crippen LogP contribution in [0.5, 0.6) is 0 Å². The van der Waals surface area contributed by atoms with Crippen LogP contribution < -0.4 is 5.32 Å². The van der Waals surface area contributed by atoms with Gasteiger partial charge in [0.2, 0.25) is 5.91 Å². The molecule has 0 spiro atoms. The highest BCUT2D eigenvalue weighted by molar-refractivity contribution is 9.10. The van der Waals surface area contributed by atoms with Crippen LogP contribution in [0.25, 0.3) is 10.9 Å². The summed E-state index contributed by atoms with van der Waals surface area (Å²) in [5.41, 5.74) is 3.37. The molecule has 1 amide bonds. The fourth-order valence-corrected chi connectivity index (χ4v) is 4.53. The molecule has 0 saturated heterocycles. The molecule has 4 aromatic rings. The Labute approximate surface area is 182 Å². The number of amides is 1. The molecule has 1 aromatic heterocycles. The molecule has 0 radical (unpaired) electrons. The Kier molecular flexibility index (Phi) is 4.83. The number of carbonyl (C=O) groups excluding carboxylic acids is 1. The summed E-state index contributed by atoms with van der Waals surface area (Å²) in [6.45, 7) is 0. The van der Waals surface area contributed by atoms with E-state index in [1.807, 2.05) is 66.7 Å². The predicted octanol–water partition coefficient (Wildman–Crippen LogP) is 6.27. The van der Waals surface area contributed by atoms with E-state index < -0.39 is 0 Å². The van der Waals surface area contributed by atoms with Crippen molar-refractivity contribution < 1.29 is 9.18 Å². The van der Waals surface area contributed by atoms with Crippen LogP contribution in [0.15, 0.2) is 89.5 Å². The second-order valence-corrected chi connectivity index (χ2v) is 8.39. The van der Waals surface area contributed by atoms with Gasteiger partial charge in [-0.2, -0.15) is 0 Å². The van der Waals surface area contributed by atoms with Gasteiger partial charge in [0.15, 0.2) is 0 Å². The zero-order valence-electron chi connectivity index (χ0n) is 15.9. The molecule has 1 heterocycles. The Balaban J connectivity index is 1.48. The normalized spacial score (nSPS) is 20.1. The minimum atomic E-state index is -0.316. The first-order valence-electron chi connectivity index (χ1n) is 9.78. The van der Waals surface area contributed by atoms with E-state index in [-0.39, 0.29) is 29.5 Å². The molecule has 3 atom stereocenters. The van der Waals surface area contributed by atoms with Crippen LogP contribution in [0.4, 0.5) is 10.1 Å². The number of rotatable bonds is 4. The van der Waals surface area contributed by atoms with Crippen LogP contribution in [-0.4, -0.2) is 10.9 Å². The maximum absolute atomic E-state index is 14.2. The van der Waals surface area contributed by atoms with Crippen molar-refractivity contribution in [2.75, 3.05) is 5.32 Å². The lowest BCUT2D eigenvalue weighted by atomic mass is 10.0. The first-order chi connectivity index (χ1) is 14.6. The first kappa shape index (κ1) is 18.9. The third-order valence-corrected chi connectivity index (χ3v) is 6.37. The van der Waals surface area contributed by atoms with E-state index in [0.29, 0.717) is 10.2 Å². The Bertz CT molecular complexity index is 1240. The molecule has 1 saturated carbocycles. The number of benzene rings is 3. The van der Waals surface area contributed by atoms with E-state index in [2.05, 4.69) is 26.2 Å². The summed E-state index contributed by atoms with van der Waals surface area (Å²) in [7, 11) is 0. The van der Waals surface area contributed by atoms with Crippen molar-refractivity contribution in [2.45, 2.75) is 11.8 Å². The highest BCUT2D eigenvalue weighted by Crippen LogP contribution is 2.61. The Morgan fingerprint density at radius 2 is 1.67 bits per heavy atom. The van der Waals surface area contributed by atoms with Crippen molar-refractivity contribution in [3.05, 3.63) is 106 Å². The topological polar surface area (TPSA) is 42.0 Å². The minimum absolute atomic E-state index is 0.00899. The number of nitrogens with zero attached hydrogens (tertiary/aromatic N) is 1. The maximum atomic E-state index is 14.2. The van der Waals surface area contributed by atoms with Gasteiger partial charge in [-0.25, -0.2) is 4.39 Å². The van der Waals surface area contributed by atoms with E-state index in [1.54, 1.807) is 12.3 Å². The summed E-state index contributed by atoms with van der Waals surface area (Å²) >= 11 is 3.21. The molecule has 0 aliphatic heterocycles.